The Kier molecular flexibility index (Phi) is 5.82. The zero-order chi connectivity index (χ0) is 14.5. The number of hydrogen-bond donors (Lipinski definition) is 1. The van der Waals surface area contributed by atoms with Crippen LogP contribution in [0.5, 0.6) is 0 Å². The highest BCUT2D eigenvalue weighted by molar-refractivity contribution is 6.30. The molecule has 0 saturated carbocycles. The van der Waals surface area contributed by atoms with Crippen molar-refractivity contribution in [2.24, 2.45) is 5.92 Å². The molecule has 2 unspecified atom stereocenters. The Morgan fingerprint density at radius 1 is 1.40 bits per heavy atom. The third kappa shape index (κ3) is 3.33. The monoisotopic (exact) mass is 298 g/mol. The van der Waals surface area contributed by atoms with E-state index in [-0.39, 0.29) is 16.9 Å². The molecule has 1 aliphatic heterocycles. The minimum Gasteiger partial charge on any atom is -0.319 e. The van der Waals surface area contributed by atoms with Crippen LogP contribution in [0.25, 0.3) is 0 Å². The maximum atomic E-state index is 14.5. The van der Waals surface area contributed by atoms with Gasteiger partial charge in [-0.15, -0.1) is 0 Å². The third-order valence-electron chi connectivity index (χ3n) is 4.28. The van der Waals surface area contributed by atoms with Crippen LogP contribution < -0.4 is 5.32 Å². The molecule has 0 aromatic heterocycles. The molecule has 4 heteroatoms. The van der Waals surface area contributed by atoms with Crippen molar-refractivity contribution in [2.45, 2.75) is 32.2 Å². The summed E-state index contributed by atoms with van der Waals surface area (Å²) < 4.78 is 14.5. The summed E-state index contributed by atoms with van der Waals surface area (Å²) in [4.78, 5) is 2.39. The van der Waals surface area contributed by atoms with Gasteiger partial charge in [0.15, 0.2) is 0 Å². The van der Waals surface area contributed by atoms with Crippen LogP contribution in [-0.2, 0) is 0 Å². The van der Waals surface area contributed by atoms with Crippen LogP contribution in [0.1, 0.15) is 37.8 Å². The van der Waals surface area contributed by atoms with E-state index in [2.05, 4.69) is 17.1 Å². The van der Waals surface area contributed by atoms with E-state index in [1.807, 2.05) is 19.2 Å². The van der Waals surface area contributed by atoms with Gasteiger partial charge in [-0.05, 0) is 51.5 Å². The summed E-state index contributed by atoms with van der Waals surface area (Å²) >= 11 is 5.98. The van der Waals surface area contributed by atoms with Crippen molar-refractivity contribution in [1.82, 2.24) is 10.2 Å². The van der Waals surface area contributed by atoms with E-state index in [1.54, 1.807) is 6.07 Å². The molecule has 0 bridgehead atoms. The number of halogens is 2. The summed E-state index contributed by atoms with van der Waals surface area (Å²) in [7, 11) is 1.96. The fourth-order valence-corrected chi connectivity index (χ4v) is 3.53. The van der Waals surface area contributed by atoms with Crippen LogP contribution in [0.4, 0.5) is 4.39 Å². The van der Waals surface area contributed by atoms with Gasteiger partial charge in [0.25, 0.3) is 0 Å². The molecule has 1 aromatic rings. The van der Waals surface area contributed by atoms with Gasteiger partial charge >= 0.3 is 0 Å². The van der Waals surface area contributed by atoms with Gasteiger partial charge in [-0.3, -0.25) is 4.90 Å². The van der Waals surface area contributed by atoms with E-state index in [0.717, 1.165) is 31.6 Å². The predicted molar refractivity (Wildman–Crippen MR) is 82.7 cm³/mol. The van der Waals surface area contributed by atoms with Crippen LogP contribution in [0.3, 0.4) is 0 Å². The zero-order valence-electron chi connectivity index (χ0n) is 12.3. The van der Waals surface area contributed by atoms with E-state index < -0.39 is 0 Å². The summed E-state index contributed by atoms with van der Waals surface area (Å²) in [6.07, 6.45) is 3.53. The van der Waals surface area contributed by atoms with Gasteiger partial charge in [-0.25, -0.2) is 4.39 Å². The molecule has 1 saturated heterocycles. The topological polar surface area (TPSA) is 15.3 Å². The molecular weight excluding hydrogens is 275 g/mol. The smallest absolute Gasteiger partial charge is 0.146 e. The van der Waals surface area contributed by atoms with Crippen molar-refractivity contribution in [3.05, 3.63) is 34.6 Å². The Morgan fingerprint density at radius 2 is 2.20 bits per heavy atom. The summed E-state index contributed by atoms with van der Waals surface area (Å²) in [5.41, 5.74) is 0.751. The van der Waals surface area contributed by atoms with Crippen molar-refractivity contribution in [3.63, 3.8) is 0 Å². The lowest BCUT2D eigenvalue weighted by atomic mass is 9.88. The second kappa shape index (κ2) is 7.39. The van der Waals surface area contributed by atoms with Gasteiger partial charge in [-0.2, -0.15) is 0 Å². The van der Waals surface area contributed by atoms with E-state index in [1.165, 1.54) is 12.8 Å². The normalized spacial score (nSPS) is 24.6. The lowest BCUT2D eigenvalue weighted by Crippen LogP contribution is -2.36. The molecule has 2 rings (SSSR count). The quantitative estimate of drug-likeness (QED) is 0.908. The van der Waals surface area contributed by atoms with Gasteiger partial charge in [-0.1, -0.05) is 37.1 Å². The molecule has 0 aliphatic carbocycles. The van der Waals surface area contributed by atoms with Crippen molar-refractivity contribution < 1.29 is 4.39 Å². The number of nitrogens with one attached hydrogen (secondary N) is 1. The third-order valence-corrected chi connectivity index (χ3v) is 4.57. The lowest BCUT2D eigenvalue weighted by Gasteiger charge is -2.35. The van der Waals surface area contributed by atoms with E-state index in [4.69, 9.17) is 11.6 Å². The van der Waals surface area contributed by atoms with Crippen molar-refractivity contribution in [3.8, 4) is 0 Å². The fraction of sp³-hybridized carbons (Fsp3) is 0.625. The van der Waals surface area contributed by atoms with Crippen LogP contribution in [0.2, 0.25) is 5.02 Å². The molecule has 0 amide bonds. The Morgan fingerprint density at radius 3 is 2.90 bits per heavy atom. The predicted octanol–water partition coefficient (Wildman–Crippen LogP) is 3.86. The summed E-state index contributed by atoms with van der Waals surface area (Å²) in [5, 5.41) is 3.49. The molecule has 2 atom stereocenters. The largest absolute Gasteiger partial charge is 0.319 e. The maximum absolute atomic E-state index is 14.5. The number of likely N-dealkylation sites (tertiary alicyclic amines) is 1. The number of hydrogen-bond acceptors (Lipinski definition) is 2. The molecule has 1 fully saturated rings. The number of benzene rings is 1. The minimum absolute atomic E-state index is 0.119. The van der Waals surface area contributed by atoms with Gasteiger partial charge in [0.05, 0.1) is 5.02 Å². The highest BCUT2D eigenvalue weighted by Crippen LogP contribution is 2.37. The van der Waals surface area contributed by atoms with E-state index in [9.17, 15) is 4.39 Å². The molecule has 20 heavy (non-hydrogen) atoms. The summed E-state index contributed by atoms with van der Waals surface area (Å²) in [6, 6.07) is 5.49. The lowest BCUT2D eigenvalue weighted by molar-refractivity contribution is 0.158. The van der Waals surface area contributed by atoms with E-state index in [0.29, 0.717) is 5.92 Å². The molecular formula is C16H24ClFN2. The fourth-order valence-electron chi connectivity index (χ4n) is 3.35. The summed E-state index contributed by atoms with van der Waals surface area (Å²) in [6.45, 7) is 5.04. The second-order valence-corrected chi connectivity index (χ2v) is 5.94. The van der Waals surface area contributed by atoms with Gasteiger partial charge < -0.3 is 5.32 Å². The van der Waals surface area contributed by atoms with Crippen molar-refractivity contribution in [1.29, 1.82) is 0 Å². The Hall–Kier alpha value is -0.640. The summed E-state index contributed by atoms with van der Waals surface area (Å²) in [5.74, 6) is 0.177. The molecule has 2 nitrogen and oxygen atoms in total. The average Bonchev–Trinajstić information content (AvgIpc) is 2.65. The molecule has 1 heterocycles. The standard InChI is InChI=1S/C16H24ClFN2/c1-3-20-10-5-4-7-12(11-19-2)16(20)13-8-6-9-14(17)15(13)18/h6,8-9,12,16,19H,3-5,7,10-11H2,1-2H3. The molecule has 0 radical (unpaired) electrons. The number of nitrogens with zero attached hydrogens (tertiary/aromatic N) is 1. The number of rotatable bonds is 4. The first-order valence-electron chi connectivity index (χ1n) is 7.51. The van der Waals surface area contributed by atoms with Gasteiger partial charge in [0.1, 0.15) is 5.82 Å². The minimum atomic E-state index is -0.249. The van der Waals surface area contributed by atoms with Crippen molar-refractivity contribution in [2.75, 3.05) is 26.7 Å². The first-order valence-corrected chi connectivity index (χ1v) is 7.89. The van der Waals surface area contributed by atoms with E-state index >= 15 is 0 Å². The van der Waals surface area contributed by atoms with Crippen LogP contribution in [0.15, 0.2) is 18.2 Å². The zero-order valence-corrected chi connectivity index (χ0v) is 13.1. The van der Waals surface area contributed by atoms with Crippen molar-refractivity contribution >= 4 is 11.6 Å². The molecule has 0 spiro atoms. The molecule has 1 aliphatic rings. The van der Waals surface area contributed by atoms with Gasteiger partial charge in [0.2, 0.25) is 0 Å². The van der Waals surface area contributed by atoms with Crippen LogP contribution in [0, 0.1) is 11.7 Å². The Bertz CT molecular complexity index is 438. The highest BCUT2D eigenvalue weighted by Gasteiger charge is 2.32. The SMILES string of the molecule is CCN1CCCCC(CNC)C1c1cccc(Cl)c1F. The maximum Gasteiger partial charge on any atom is 0.146 e. The Labute approximate surface area is 126 Å². The highest BCUT2D eigenvalue weighted by atomic mass is 35.5. The Balaban J connectivity index is 2.40. The molecule has 1 aromatic carbocycles. The first-order chi connectivity index (χ1) is 9.69. The average molecular weight is 299 g/mol. The van der Waals surface area contributed by atoms with Gasteiger partial charge in [0, 0.05) is 11.6 Å². The van der Waals surface area contributed by atoms with Crippen LogP contribution >= 0.6 is 11.6 Å². The first kappa shape index (κ1) is 15.7. The van der Waals surface area contributed by atoms with Crippen LogP contribution in [-0.4, -0.2) is 31.6 Å². The second-order valence-electron chi connectivity index (χ2n) is 5.53. The molecule has 112 valence electrons. The molecule has 1 N–H and O–H groups in total.